The van der Waals surface area contributed by atoms with Crippen molar-refractivity contribution in [1.29, 1.82) is 0 Å². The third-order valence-corrected chi connectivity index (χ3v) is 6.86. The Balaban J connectivity index is 1.65. The summed E-state index contributed by atoms with van der Waals surface area (Å²) >= 11 is 0. The molecule has 2 fully saturated rings. The van der Waals surface area contributed by atoms with Crippen LogP contribution in [0.3, 0.4) is 0 Å². The zero-order valence-corrected chi connectivity index (χ0v) is 21.7. The van der Waals surface area contributed by atoms with Gasteiger partial charge in [0.2, 0.25) is 23.6 Å². The van der Waals surface area contributed by atoms with Gasteiger partial charge >= 0.3 is 0 Å². The highest BCUT2D eigenvalue weighted by molar-refractivity contribution is 5.99. The highest BCUT2D eigenvalue weighted by atomic mass is 16.2. The minimum atomic E-state index is -0.620. The number of nitrogens with one attached hydrogen (secondary N) is 4. The van der Waals surface area contributed by atoms with Crippen molar-refractivity contribution in [3.8, 4) is 0 Å². The van der Waals surface area contributed by atoms with E-state index in [2.05, 4.69) is 21.3 Å². The molecule has 1 aromatic carbocycles. The Bertz CT molecular complexity index is 1000. The van der Waals surface area contributed by atoms with Crippen LogP contribution < -0.4 is 21.3 Å². The summed E-state index contributed by atoms with van der Waals surface area (Å²) in [4.78, 5) is 52.9. The van der Waals surface area contributed by atoms with Crippen molar-refractivity contribution in [2.75, 3.05) is 12.4 Å². The molecular weight excluding hydrogens is 458 g/mol. The fourth-order valence-corrected chi connectivity index (χ4v) is 4.86. The smallest absolute Gasteiger partial charge is 0.248 e. The number of anilines is 1. The second kappa shape index (κ2) is 12.7. The van der Waals surface area contributed by atoms with Crippen LogP contribution in [0.1, 0.15) is 64.9 Å². The molecule has 4 N–H and O–H groups in total. The van der Waals surface area contributed by atoms with Crippen LogP contribution in [-0.2, 0) is 25.7 Å². The highest BCUT2D eigenvalue weighted by Gasteiger charge is 2.43. The third-order valence-electron chi connectivity index (χ3n) is 6.86. The van der Waals surface area contributed by atoms with Gasteiger partial charge in [0.15, 0.2) is 0 Å². The van der Waals surface area contributed by atoms with E-state index in [0.29, 0.717) is 18.5 Å². The second-order valence-corrected chi connectivity index (χ2v) is 9.98. The van der Waals surface area contributed by atoms with Gasteiger partial charge in [-0.2, -0.15) is 0 Å². The molecule has 1 unspecified atom stereocenters. The zero-order chi connectivity index (χ0) is 26.2. The van der Waals surface area contributed by atoms with E-state index < -0.39 is 18.1 Å². The maximum Gasteiger partial charge on any atom is 0.248 e. The summed E-state index contributed by atoms with van der Waals surface area (Å²) in [5.74, 6) is -0.781. The summed E-state index contributed by atoms with van der Waals surface area (Å²) in [6.45, 7) is 5.75. The number of fused-ring (bicyclic) bond motifs is 1. The van der Waals surface area contributed by atoms with Gasteiger partial charge in [-0.25, -0.2) is 0 Å². The SMILES string of the molecule is CN[C@@H](C)C(=O)N[C@H]1CCCCC2CC[C@@H](C(=O)NCc3cccc(NC(=O)C=C(C)C)c3)N2C1=O. The monoisotopic (exact) mass is 497 g/mol. The summed E-state index contributed by atoms with van der Waals surface area (Å²) in [6.07, 6.45) is 6.19. The first kappa shape index (κ1) is 27.4. The lowest BCUT2D eigenvalue weighted by molar-refractivity contribution is -0.144. The lowest BCUT2D eigenvalue weighted by Gasteiger charge is -2.35. The predicted molar refractivity (Wildman–Crippen MR) is 139 cm³/mol. The molecule has 36 heavy (non-hydrogen) atoms. The van der Waals surface area contributed by atoms with Crippen LogP contribution >= 0.6 is 0 Å². The largest absolute Gasteiger partial charge is 0.350 e. The molecule has 4 amide bonds. The summed E-state index contributed by atoms with van der Waals surface area (Å²) in [6, 6.07) is 5.77. The Labute approximate surface area is 213 Å². The van der Waals surface area contributed by atoms with Gasteiger partial charge in [-0.3, -0.25) is 19.2 Å². The molecule has 2 heterocycles. The molecule has 2 aliphatic rings. The molecule has 3 rings (SSSR count). The number of allylic oxidation sites excluding steroid dienone is 1. The van der Waals surface area contributed by atoms with Crippen LogP contribution in [0.4, 0.5) is 5.69 Å². The van der Waals surface area contributed by atoms with E-state index in [-0.39, 0.29) is 36.2 Å². The summed E-state index contributed by atoms with van der Waals surface area (Å²) in [7, 11) is 1.70. The van der Waals surface area contributed by atoms with Gasteiger partial charge in [-0.1, -0.05) is 30.5 Å². The van der Waals surface area contributed by atoms with Crippen molar-refractivity contribution < 1.29 is 19.2 Å². The number of amides is 4. The van der Waals surface area contributed by atoms with Crippen LogP contribution in [0.5, 0.6) is 0 Å². The number of benzene rings is 1. The van der Waals surface area contributed by atoms with E-state index >= 15 is 0 Å². The van der Waals surface area contributed by atoms with Gasteiger partial charge in [-0.15, -0.1) is 0 Å². The molecule has 0 aromatic heterocycles. The number of nitrogens with zero attached hydrogens (tertiary/aromatic N) is 1. The maximum atomic E-state index is 13.5. The molecule has 1 aromatic rings. The third kappa shape index (κ3) is 7.16. The van der Waals surface area contributed by atoms with Crippen molar-refractivity contribution in [2.45, 2.75) is 90.0 Å². The van der Waals surface area contributed by atoms with Gasteiger partial charge in [0, 0.05) is 24.4 Å². The lowest BCUT2D eigenvalue weighted by atomic mass is 9.98. The molecule has 0 radical (unpaired) electrons. The number of hydrogen-bond acceptors (Lipinski definition) is 5. The van der Waals surface area contributed by atoms with Crippen molar-refractivity contribution in [1.82, 2.24) is 20.9 Å². The minimum Gasteiger partial charge on any atom is -0.350 e. The predicted octanol–water partition coefficient (Wildman–Crippen LogP) is 2.23. The topological polar surface area (TPSA) is 120 Å². The Morgan fingerprint density at radius 3 is 2.58 bits per heavy atom. The van der Waals surface area contributed by atoms with E-state index in [1.165, 1.54) is 6.08 Å². The van der Waals surface area contributed by atoms with Crippen LogP contribution in [0.2, 0.25) is 0 Å². The standard InChI is InChI=1S/C27H39N5O4/c1-17(2)14-24(33)30-20-9-7-8-19(15-20)16-29-26(35)23-13-12-21-10-5-6-11-22(27(36)32(21)23)31-25(34)18(3)28-4/h7-9,14-15,18,21-23,28H,5-6,10-13,16H2,1-4H3,(H,29,35)(H,30,33)(H,31,34)/t18-,21?,22-,23-/m0/s1. The van der Waals surface area contributed by atoms with Gasteiger partial charge in [0.1, 0.15) is 12.1 Å². The van der Waals surface area contributed by atoms with Gasteiger partial charge in [-0.05, 0) is 71.2 Å². The Kier molecular flexibility index (Phi) is 9.64. The minimum absolute atomic E-state index is 0.0169. The fraction of sp³-hybridized carbons (Fsp3) is 0.556. The molecule has 0 bridgehead atoms. The van der Waals surface area contributed by atoms with Crippen LogP contribution in [0, 0.1) is 0 Å². The summed E-state index contributed by atoms with van der Waals surface area (Å²) in [5, 5.41) is 11.6. The van der Waals surface area contributed by atoms with E-state index in [1.807, 2.05) is 32.0 Å². The van der Waals surface area contributed by atoms with Crippen LogP contribution in [0.25, 0.3) is 0 Å². The average molecular weight is 498 g/mol. The summed E-state index contributed by atoms with van der Waals surface area (Å²) < 4.78 is 0. The second-order valence-electron chi connectivity index (χ2n) is 9.98. The highest BCUT2D eigenvalue weighted by Crippen LogP contribution is 2.31. The van der Waals surface area contributed by atoms with Gasteiger partial charge < -0.3 is 26.2 Å². The fourth-order valence-electron chi connectivity index (χ4n) is 4.86. The molecule has 0 saturated carbocycles. The Morgan fingerprint density at radius 2 is 1.86 bits per heavy atom. The molecular formula is C27H39N5O4. The van der Waals surface area contributed by atoms with Gasteiger partial charge in [0.25, 0.3) is 0 Å². The number of likely N-dealkylation sites (N-methyl/N-ethyl adjacent to an activating group) is 1. The van der Waals surface area contributed by atoms with Crippen molar-refractivity contribution in [3.63, 3.8) is 0 Å². The number of carbonyl (C=O) groups is 4. The van der Waals surface area contributed by atoms with E-state index in [1.54, 1.807) is 24.9 Å². The average Bonchev–Trinajstić information content (AvgIpc) is 3.25. The first-order chi connectivity index (χ1) is 17.2. The van der Waals surface area contributed by atoms with Crippen LogP contribution in [0.15, 0.2) is 35.9 Å². The van der Waals surface area contributed by atoms with Crippen LogP contribution in [-0.4, -0.2) is 59.7 Å². The van der Waals surface area contributed by atoms with E-state index in [9.17, 15) is 19.2 Å². The molecule has 9 heteroatoms. The van der Waals surface area contributed by atoms with Crippen molar-refractivity contribution in [3.05, 3.63) is 41.5 Å². The molecule has 2 aliphatic heterocycles. The van der Waals surface area contributed by atoms with Crippen molar-refractivity contribution in [2.24, 2.45) is 0 Å². The maximum absolute atomic E-state index is 13.5. The van der Waals surface area contributed by atoms with Gasteiger partial charge in [0.05, 0.1) is 6.04 Å². The quantitative estimate of drug-likeness (QED) is 0.411. The summed E-state index contributed by atoms with van der Waals surface area (Å²) in [5.41, 5.74) is 2.40. The molecule has 196 valence electrons. The Morgan fingerprint density at radius 1 is 1.11 bits per heavy atom. The molecule has 9 nitrogen and oxygen atoms in total. The lowest BCUT2D eigenvalue weighted by Crippen LogP contribution is -2.57. The molecule has 0 aliphatic carbocycles. The number of rotatable bonds is 8. The molecule has 0 spiro atoms. The van der Waals surface area contributed by atoms with E-state index in [4.69, 9.17) is 0 Å². The molecule has 2 saturated heterocycles. The first-order valence-corrected chi connectivity index (χ1v) is 12.8. The normalized spacial score (nSPS) is 22.5. The molecule has 4 atom stereocenters. The number of hydrogen-bond donors (Lipinski definition) is 4. The van der Waals surface area contributed by atoms with Crippen molar-refractivity contribution >= 4 is 29.3 Å². The first-order valence-electron chi connectivity index (χ1n) is 12.8. The Hall–Kier alpha value is -3.20. The zero-order valence-electron chi connectivity index (χ0n) is 21.7. The number of carbonyl (C=O) groups excluding carboxylic acids is 4. The van der Waals surface area contributed by atoms with E-state index in [0.717, 1.165) is 36.8 Å².